The number of piperazine rings is 1. The summed E-state index contributed by atoms with van der Waals surface area (Å²) in [4.78, 5) is 56.3. The van der Waals surface area contributed by atoms with Gasteiger partial charge in [0.1, 0.15) is 5.75 Å². The fourth-order valence-corrected chi connectivity index (χ4v) is 5.59. The van der Waals surface area contributed by atoms with E-state index in [1.807, 2.05) is 29.2 Å². The largest absolute Gasteiger partial charge is 0.497 e. The molecule has 3 aliphatic rings. The molecule has 0 unspecified atom stereocenters. The predicted octanol–water partition coefficient (Wildman–Crippen LogP) is 1.57. The van der Waals surface area contributed by atoms with Gasteiger partial charge >= 0.3 is 6.03 Å². The number of nitro groups is 1. The lowest BCUT2D eigenvalue weighted by Crippen LogP contribution is -2.75. The van der Waals surface area contributed by atoms with Gasteiger partial charge in [-0.15, -0.1) is 0 Å². The highest BCUT2D eigenvalue weighted by atomic mass is 16.6. The van der Waals surface area contributed by atoms with Gasteiger partial charge in [0.15, 0.2) is 5.41 Å². The van der Waals surface area contributed by atoms with Crippen molar-refractivity contribution in [3.8, 4) is 5.75 Å². The number of amides is 4. The number of non-ortho nitro benzene ring substituents is 1. The summed E-state index contributed by atoms with van der Waals surface area (Å²) in [7, 11) is 3.05. The van der Waals surface area contributed by atoms with Crippen molar-refractivity contribution in [1.29, 1.82) is 0 Å². The minimum absolute atomic E-state index is 0.0209. The van der Waals surface area contributed by atoms with Crippen LogP contribution in [0.15, 0.2) is 42.5 Å². The van der Waals surface area contributed by atoms with Gasteiger partial charge in [0, 0.05) is 56.7 Å². The first kappa shape index (κ1) is 24.5. The summed E-state index contributed by atoms with van der Waals surface area (Å²) < 4.78 is 10.3. The summed E-state index contributed by atoms with van der Waals surface area (Å²) in [5.74, 6) is -0.608. The van der Waals surface area contributed by atoms with E-state index in [-0.39, 0.29) is 25.3 Å². The second-order valence-corrected chi connectivity index (χ2v) is 9.28. The minimum atomic E-state index is -1.66. The first-order valence-electron chi connectivity index (χ1n) is 11.9. The van der Waals surface area contributed by atoms with Crippen molar-refractivity contribution in [2.24, 2.45) is 5.41 Å². The maximum Gasteiger partial charge on any atom is 0.330 e. The van der Waals surface area contributed by atoms with Gasteiger partial charge < -0.3 is 19.3 Å². The molecule has 2 aromatic rings. The molecular weight excluding hydrogens is 482 g/mol. The normalized spacial score (nSPS) is 23.0. The number of barbiturate groups is 1. The number of fused-ring (bicyclic) bond motifs is 4. The van der Waals surface area contributed by atoms with Crippen LogP contribution in [-0.2, 0) is 20.7 Å². The van der Waals surface area contributed by atoms with Crippen LogP contribution in [-0.4, -0.2) is 80.7 Å². The van der Waals surface area contributed by atoms with Gasteiger partial charge in [-0.3, -0.25) is 29.9 Å². The zero-order valence-electron chi connectivity index (χ0n) is 20.5. The molecule has 4 amide bonds. The second-order valence-electron chi connectivity index (χ2n) is 9.28. The molecule has 5 rings (SSSR count). The third-order valence-corrected chi connectivity index (χ3v) is 7.46. The molecule has 12 nitrogen and oxygen atoms in total. The molecule has 1 spiro atoms. The van der Waals surface area contributed by atoms with Crippen LogP contribution in [0.25, 0.3) is 0 Å². The van der Waals surface area contributed by atoms with Crippen LogP contribution >= 0.6 is 0 Å². The van der Waals surface area contributed by atoms with E-state index in [0.29, 0.717) is 30.9 Å². The number of nitrogens with one attached hydrogen (secondary N) is 1. The van der Waals surface area contributed by atoms with E-state index in [4.69, 9.17) is 9.47 Å². The number of benzene rings is 2. The van der Waals surface area contributed by atoms with Gasteiger partial charge in [-0.2, -0.15) is 0 Å². The number of hydrogen-bond donors (Lipinski definition) is 1. The number of nitro benzene ring substituents is 1. The summed E-state index contributed by atoms with van der Waals surface area (Å²) in [6.45, 7) is 1.48. The molecule has 0 aliphatic carbocycles. The lowest BCUT2D eigenvalue weighted by Gasteiger charge is -2.55. The molecule has 2 saturated heterocycles. The molecule has 37 heavy (non-hydrogen) atoms. The highest BCUT2D eigenvalue weighted by molar-refractivity contribution is 6.20. The summed E-state index contributed by atoms with van der Waals surface area (Å²) in [6, 6.07) is 10.6. The van der Waals surface area contributed by atoms with Gasteiger partial charge in [-0.05, 0) is 35.9 Å². The van der Waals surface area contributed by atoms with E-state index in [0.717, 1.165) is 16.3 Å². The molecule has 2 aromatic carbocycles. The van der Waals surface area contributed by atoms with Crippen molar-refractivity contribution in [2.75, 3.05) is 56.8 Å². The fourth-order valence-electron chi connectivity index (χ4n) is 5.59. The molecule has 2 fully saturated rings. The maximum absolute atomic E-state index is 14.0. The molecule has 3 heterocycles. The maximum atomic E-state index is 14.0. The van der Waals surface area contributed by atoms with Crippen LogP contribution in [0.3, 0.4) is 0 Å². The number of nitrogens with zero attached hydrogens (tertiary/aromatic N) is 4. The monoisotopic (exact) mass is 509 g/mol. The smallest absolute Gasteiger partial charge is 0.330 e. The number of hydrogen-bond acceptors (Lipinski definition) is 9. The Balaban J connectivity index is 1.60. The third-order valence-electron chi connectivity index (χ3n) is 7.46. The summed E-state index contributed by atoms with van der Waals surface area (Å²) in [6.07, 6.45) is -0.0664. The quantitative estimate of drug-likeness (QED) is 0.350. The molecule has 0 radical (unpaired) electrons. The molecular formula is C25H27N5O7. The fraction of sp³-hybridized carbons (Fsp3) is 0.400. The minimum Gasteiger partial charge on any atom is -0.497 e. The first-order valence-corrected chi connectivity index (χ1v) is 11.9. The average molecular weight is 510 g/mol. The highest BCUT2D eigenvalue weighted by Gasteiger charge is 2.63. The Kier molecular flexibility index (Phi) is 6.20. The van der Waals surface area contributed by atoms with Crippen molar-refractivity contribution in [3.63, 3.8) is 0 Å². The van der Waals surface area contributed by atoms with Crippen molar-refractivity contribution >= 4 is 34.9 Å². The SMILES string of the molecule is COCCN1C(=O)NC(=O)[C@@]2(Cc3cc([N+](=O)[O-])ccc3N3CCN(c4ccc(OC)cc4)C[C@H]32)C1=O. The van der Waals surface area contributed by atoms with Gasteiger partial charge in [0.25, 0.3) is 5.69 Å². The van der Waals surface area contributed by atoms with Gasteiger partial charge in [-0.25, -0.2) is 4.79 Å². The zero-order valence-corrected chi connectivity index (χ0v) is 20.5. The molecule has 3 aliphatic heterocycles. The van der Waals surface area contributed by atoms with Crippen LogP contribution in [0, 0.1) is 15.5 Å². The number of carbonyl (C=O) groups is 3. The molecule has 0 bridgehead atoms. The Bertz CT molecular complexity index is 1270. The lowest BCUT2D eigenvalue weighted by molar-refractivity contribution is -0.384. The molecule has 12 heteroatoms. The Morgan fingerprint density at radius 1 is 1.11 bits per heavy atom. The third kappa shape index (κ3) is 3.93. The number of rotatable bonds is 6. The Labute approximate surface area is 212 Å². The number of ether oxygens (including phenoxy) is 2. The number of carbonyl (C=O) groups excluding carboxylic acids is 3. The molecule has 0 saturated carbocycles. The standard InChI is InChI=1S/C25H27N5O7/c1-36-12-11-29-23(32)25(22(31)26-24(29)33)14-16-13-18(30(34)35)5-8-20(16)28-10-9-27(15-21(25)28)17-3-6-19(37-2)7-4-17/h3-8,13,21H,9-12,14-15H2,1-2H3,(H,26,31,33)/t21-,25-/m0/s1. The lowest BCUT2D eigenvalue weighted by atomic mass is 9.67. The van der Waals surface area contributed by atoms with E-state index in [2.05, 4.69) is 10.2 Å². The number of urea groups is 1. The first-order chi connectivity index (χ1) is 17.8. The van der Waals surface area contributed by atoms with E-state index in [9.17, 15) is 24.5 Å². The Morgan fingerprint density at radius 3 is 2.54 bits per heavy atom. The number of methoxy groups -OCH3 is 2. The van der Waals surface area contributed by atoms with Crippen molar-refractivity contribution in [3.05, 3.63) is 58.1 Å². The topological polar surface area (TPSA) is 135 Å². The van der Waals surface area contributed by atoms with Crippen molar-refractivity contribution in [1.82, 2.24) is 10.2 Å². The average Bonchev–Trinajstić information content (AvgIpc) is 2.91. The summed E-state index contributed by atoms with van der Waals surface area (Å²) in [5.41, 5.74) is 0.389. The van der Waals surface area contributed by atoms with E-state index >= 15 is 0 Å². The molecule has 0 aromatic heterocycles. The van der Waals surface area contributed by atoms with E-state index in [1.54, 1.807) is 13.2 Å². The number of anilines is 2. The second kappa shape index (κ2) is 9.36. The van der Waals surface area contributed by atoms with Gasteiger partial charge in [0.05, 0.1) is 31.2 Å². The van der Waals surface area contributed by atoms with Crippen molar-refractivity contribution < 1.29 is 28.8 Å². The summed E-state index contributed by atoms with van der Waals surface area (Å²) in [5, 5.41) is 13.9. The van der Waals surface area contributed by atoms with Crippen LogP contribution in [0.1, 0.15) is 5.56 Å². The van der Waals surface area contributed by atoms with E-state index in [1.165, 1.54) is 19.2 Å². The van der Waals surface area contributed by atoms with E-state index < -0.39 is 34.2 Å². The van der Waals surface area contributed by atoms with Gasteiger partial charge in [0.2, 0.25) is 11.8 Å². The Hall–Kier alpha value is -4.19. The van der Waals surface area contributed by atoms with Crippen LogP contribution in [0.4, 0.5) is 21.9 Å². The summed E-state index contributed by atoms with van der Waals surface area (Å²) >= 11 is 0. The highest BCUT2D eigenvalue weighted by Crippen LogP contribution is 2.47. The van der Waals surface area contributed by atoms with Gasteiger partial charge in [-0.1, -0.05) is 0 Å². The Morgan fingerprint density at radius 2 is 1.86 bits per heavy atom. The zero-order chi connectivity index (χ0) is 26.3. The molecule has 194 valence electrons. The number of imide groups is 2. The van der Waals surface area contributed by atoms with Crippen LogP contribution in [0.5, 0.6) is 5.75 Å². The van der Waals surface area contributed by atoms with Crippen LogP contribution in [0.2, 0.25) is 0 Å². The van der Waals surface area contributed by atoms with Crippen molar-refractivity contribution in [2.45, 2.75) is 12.5 Å². The molecule has 2 atom stereocenters. The predicted molar refractivity (Wildman–Crippen MR) is 133 cm³/mol. The van der Waals surface area contributed by atoms with Crippen LogP contribution < -0.4 is 19.9 Å². The molecule has 1 N–H and O–H groups in total.